The lowest BCUT2D eigenvalue weighted by atomic mass is 10.2. The second-order valence-electron chi connectivity index (χ2n) is 7.49. The Bertz CT molecular complexity index is 1210. The van der Waals surface area contributed by atoms with Crippen LogP contribution in [-0.4, -0.2) is 59.6 Å². The van der Waals surface area contributed by atoms with Gasteiger partial charge in [0.2, 0.25) is 5.91 Å². The van der Waals surface area contributed by atoms with Gasteiger partial charge in [-0.25, -0.2) is 4.98 Å². The Balaban J connectivity index is 1.59. The fraction of sp³-hybridized carbons (Fsp3) is 0.304. The number of nitrogens with one attached hydrogen (secondary N) is 1. The lowest BCUT2D eigenvalue weighted by Crippen LogP contribution is -2.50. The van der Waals surface area contributed by atoms with Gasteiger partial charge in [-0.2, -0.15) is 0 Å². The van der Waals surface area contributed by atoms with Crippen molar-refractivity contribution < 1.29 is 19.1 Å². The van der Waals surface area contributed by atoms with Crippen molar-refractivity contribution in [1.82, 2.24) is 14.9 Å². The van der Waals surface area contributed by atoms with Gasteiger partial charge in [-0.05, 0) is 31.2 Å². The number of H-pyrrole nitrogens is 1. The fourth-order valence-electron chi connectivity index (χ4n) is 3.64. The molecule has 0 aliphatic carbocycles. The lowest BCUT2D eigenvalue weighted by molar-refractivity contribution is -0.134. The molecule has 0 fully saturated rings. The summed E-state index contributed by atoms with van der Waals surface area (Å²) in [6.07, 6.45) is -0.691. The average Bonchev–Trinajstić information content (AvgIpc) is 2.79. The quantitative estimate of drug-likeness (QED) is 0.605. The molecule has 1 aromatic heterocycles. The smallest absolute Gasteiger partial charge is 0.268 e. The summed E-state index contributed by atoms with van der Waals surface area (Å²) in [5.41, 5.74) is 0.834. The van der Waals surface area contributed by atoms with Crippen molar-refractivity contribution in [2.45, 2.75) is 19.6 Å². The van der Waals surface area contributed by atoms with Gasteiger partial charge in [-0.1, -0.05) is 24.3 Å². The molecule has 2 aromatic carbocycles. The third-order valence-corrected chi connectivity index (χ3v) is 5.29. The average molecular weight is 436 g/mol. The van der Waals surface area contributed by atoms with E-state index in [0.29, 0.717) is 34.8 Å². The number of aromatic amines is 1. The van der Waals surface area contributed by atoms with E-state index >= 15 is 0 Å². The number of fused-ring (bicyclic) bond motifs is 2. The number of aromatic nitrogens is 2. The highest BCUT2D eigenvalue weighted by Crippen LogP contribution is 2.33. The number of benzene rings is 2. The molecule has 2 amide bonds. The zero-order valence-electron chi connectivity index (χ0n) is 17.9. The van der Waals surface area contributed by atoms with Crippen molar-refractivity contribution in [3.63, 3.8) is 0 Å². The van der Waals surface area contributed by atoms with Crippen LogP contribution >= 0.6 is 0 Å². The second kappa shape index (κ2) is 9.19. The Labute approximate surface area is 184 Å². The van der Waals surface area contributed by atoms with Gasteiger partial charge in [0.1, 0.15) is 18.1 Å². The maximum Gasteiger partial charge on any atom is 0.268 e. The minimum absolute atomic E-state index is 0.0813. The van der Waals surface area contributed by atoms with Crippen molar-refractivity contribution in [3.05, 3.63) is 64.7 Å². The van der Waals surface area contributed by atoms with E-state index in [1.54, 1.807) is 56.5 Å². The van der Waals surface area contributed by atoms with Crippen molar-refractivity contribution in [1.29, 1.82) is 0 Å². The summed E-state index contributed by atoms with van der Waals surface area (Å²) in [6.45, 7) is 2.15. The van der Waals surface area contributed by atoms with Gasteiger partial charge in [-0.15, -0.1) is 0 Å². The van der Waals surface area contributed by atoms with Crippen molar-refractivity contribution >= 4 is 28.4 Å². The third-order valence-electron chi connectivity index (χ3n) is 5.29. The van der Waals surface area contributed by atoms with Crippen molar-refractivity contribution in [3.8, 4) is 5.75 Å². The number of rotatable bonds is 7. The number of para-hydroxylation sites is 3. The van der Waals surface area contributed by atoms with Crippen LogP contribution in [0.25, 0.3) is 10.9 Å². The minimum Gasteiger partial charge on any atom is -0.479 e. The SMILES string of the molecule is COCCN(Cc1nc2ccccc2c(=O)[nH]1)C(=O)CN1C(=O)C(C)Oc2ccccc21. The highest BCUT2D eigenvalue weighted by molar-refractivity contribution is 6.03. The van der Waals surface area contributed by atoms with Gasteiger partial charge >= 0.3 is 0 Å². The maximum atomic E-state index is 13.2. The molecule has 1 unspecified atom stereocenters. The van der Waals surface area contributed by atoms with Crippen LogP contribution in [0, 0.1) is 0 Å². The molecule has 1 aliphatic rings. The van der Waals surface area contributed by atoms with Crippen LogP contribution in [0.4, 0.5) is 5.69 Å². The number of anilines is 1. The van der Waals surface area contributed by atoms with E-state index in [9.17, 15) is 14.4 Å². The van der Waals surface area contributed by atoms with E-state index < -0.39 is 6.10 Å². The molecule has 1 N–H and O–H groups in total. The van der Waals surface area contributed by atoms with E-state index in [1.165, 1.54) is 9.80 Å². The number of methoxy groups -OCH3 is 1. The predicted molar refractivity (Wildman–Crippen MR) is 119 cm³/mol. The van der Waals surface area contributed by atoms with Crippen LogP contribution < -0.4 is 15.2 Å². The Hall–Kier alpha value is -3.72. The molecule has 166 valence electrons. The number of nitrogens with zero attached hydrogens (tertiary/aromatic N) is 3. The fourth-order valence-corrected chi connectivity index (χ4v) is 3.64. The molecule has 0 spiro atoms. The van der Waals surface area contributed by atoms with Crippen LogP contribution in [0.1, 0.15) is 12.7 Å². The molecule has 0 radical (unpaired) electrons. The van der Waals surface area contributed by atoms with Crippen LogP contribution in [0.2, 0.25) is 0 Å². The number of hydrogen-bond donors (Lipinski definition) is 1. The molecule has 2 heterocycles. The number of carbonyl (C=O) groups is 2. The topological polar surface area (TPSA) is 105 Å². The van der Waals surface area contributed by atoms with Crippen LogP contribution in [0.15, 0.2) is 53.3 Å². The molecule has 0 saturated heterocycles. The van der Waals surface area contributed by atoms with Crippen molar-refractivity contribution in [2.75, 3.05) is 31.7 Å². The zero-order valence-corrected chi connectivity index (χ0v) is 17.9. The van der Waals surface area contributed by atoms with Gasteiger partial charge < -0.3 is 19.4 Å². The number of hydrogen-bond acceptors (Lipinski definition) is 6. The standard InChI is InChI=1S/C23H24N4O5/c1-15-23(30)27(18-9-5-6-10-19(18)32-15)14-21(28)26(11-12-31-2)13-20-24-17-8-4-3-7-16(17)22(29)25-20/h3-10,15H,11-14H2,1-2H3,(H,24,25,29). The number of carbonyl (C=O) groups excluding carboxylic acids is 2. The number of amides is 2. The van der Waals surface area contributed by atoms with Gasteiger partial charge in [0.05, 0.1) is 29.7 Å². The molecule has 1 aliphatic heterocycles. The minimum atomic E-state index is -0.691. The summed E-state index contributed by atoms with van der Waals surface area (Å²) in [5, 5.41) is 0.482. The Morgan fingerprint density at radius 2 is 1.94 bits per heavy atom. The molecular formula is C23H24N4O5. The van der Waals surface area contributed by atoms with Crippen LogP contribution in [0.5, 0.6) is 5.75 Å². The summed E-state index contributed by atoms with van der Waals surface area (Å²) in [5.74, 6) is 0.327. The lowest BCUT2D eigenvalue weighted by Gasteiger charge is -2.34. The molecule has 9 heteroatoms. The Morgan fingerprint density at radius 3 is 2.75 bits per heavy atom. The first-order valence-electron chi connectivity index (χ1n) is 10.3. The van der Waals surface area contributed by atoms with E-state index in [-0.39, 0.29) is 37.0 Å². The summed E-state index contributed by atoms with van der Waals surface area (Å²) >= 11 is 0. The zero-order chi connectivity index (χ0) is 22.7. The molecule has 4 rings (SSSR count). The second-order valence-corrected chi connectivity index (χ2v) is 7.49. The van der Waals surface area contributed by atoms with Crippen molar-refractivity contribution in [2.24, 2.45) is 0 Å². The highest BCUT2D eigenvalue weighted by atomic mass is 16.5. The normalized spacial score (nSPS) is 15.4. The van der Waals surface area contributed by atoms with E-state index in [1.807, 2.05) is 6.07 Å². The molecule has 0 saturated carbocycles. The first-order valence-corrected chi connectivity index (χ1v) is 10.3. The molecule has 3 aromatic rings. The molecular weight excluding hydrogens is 412 g/mol. The Morgan fingerprint density at radius 1 is 1.19 bits per heavy atom. The van der Waals surface area contributed by atoms with Gasteiger partial charge in [0.15, 0.2) is 6.10 Å². The maximum absolute atomic E-state index is 13.2. The predicted octanol–water partition coefficient (Wildman–Crippen LogP) is 1.71. The largest absolute Gasteiger partial charge is 0.479 e. The van der Waals surface area contributed by atoms with E-state index in [0.717, 1.165) is 0 Å². The molecule has 32 heavy (non-hydrogen) atoms. The van der Waals surface area contributed by atoms with E-state index in [2.05, 4.69) is 9.97 Å². The summed E-state index contributed by atoms with van der Waals surface area (Å²) < 4.78 is 10.8. The third kappa shape index (κ3) is 4.33. The van der Waals surface area contributed by atoms with Crippen LogP contribution in [0.3, 0.4) is 0 Å². The highest BCUT2D eigenvalue weighted by Gasteiger charge is 2.33. The van der Waals surface area contributed by atoms with Crippen LogP contribution in [-0.2, 0) is 20.9 Å². The molecule has 0 bridgehead atoms. The number of ether oxygens (including phenoxy) is 2. The summed E-state index contributed by atoms with van der Waals surface area (Å²) in [7, 11) is 1.54. The monoisotopic (exact) mass is 436 g/mol. The molecule has 9 nitrogen and oxygen atoms in total. The first-order chi connectivity index (χ1) is 15.5. The van der Waals surface area contributed by atoms with Gasteiger partial charge in [-0.3, -0.25) is 19.3 Å². The summed E-state index contributed by atoms with van der Waals surface area (Å²) in [4.78, 5) is 48.6. The Kier molecular flexibility index (Phi) is 6.18. The first kappa shape index (κ1) is 21.5. The van der Waals surface area contributed by atoms with E-state index in [4.69, 9.17) is 9.47 Å². The summed E-state index contributed by atoms with van der Waals surface area (Å²) in [6, 6.07) is 14.1. The molecule has 1 atom stereocenters. The van der Waals surface area contributed by atoms with Gasteiger partial charge in [0.25, 0.3) is 11.5 Å². The van der Waals surface area contributed by atoms with Gasteiger partial charge in [0, 0.05) is 13.7 Å².